The van der Waals surface area contributed by atoms with Crippen molar-refractivity contribution in [3.05, 3.63) is 47.3 Å². The van der Waals surface area contributed by atoms with Gasteiger partial charge in [-0.1, -0.05) is 24.6 Å². The third-order valence-electron chi connectivity index (χ3n) is 6.56. The molecule has 2 aromatic heterocycles. The van der Waals surface area contributed by atoms with Crippen LogP contribution in [0.15, 0.2) is 30.6 Å². The molecule has 11 nitrogen and oxygen atoms in total. The van der Waals surface area contributed by atoms with Crippen LogP contribution < -0.4 is 14.2 Å². The maximum atomic E-state index is 13.5. The molecule has 0 amide bonds. The maximum Gasteiger partial charge on any atom is 0.243 e. The number of anilines is 1. The summed E-state index contributed by atoms with van der Waals surface area (Å²) in [6.45, 7) is 3.64. The first-order valence-corrected chi connectivity index (χ1v) is 13.3. The number of nitrogens with zero attached hydrogens (tertiary/aromatic N) is 5. The third kappa shape index (κ3) is 4.84. The summed E-state index contributed by atoms with van der Waals surface area (Å²) >= 11 is 5.88. The number of rotatable bonds is 10. The minimum atomic E-state index is -4.06. The van der Waals surface area contributed by atoms with Crippen molar-refractivity contribution in [2.75, 3.05) is 26.1 Å². The second-order valence-corrected chi connectivity index (χ2v) is 11.1. The Morgan fingerprint density at radius 2 is 1.72 bits per heavy atom. The number of halogens is 1. The standard InChI is InChI=1S/C23H29ClN6O5S/c1-13-9-10-16(13)22-27-28-23(30(22)19-17(33-3)7-6-8-18(19)34-4)29-36(31,32)14(2)20(35-5)21-25-11-15(24)12-26-21/h6-8,11-14,16,20H,9-10H2,1-5H3,(H,28,29)/t13-,14?,16+,20?/m1/s1. The highest BCUT2D eigenvalue weighted by atomic mass is 35.5. The van der Waals surface area contributed by atoms with Gasteiger partial charge >= 0.3 is 0 Å². The fourth-order valence-electron chi connectivity index (χ4n) is 4.28. The average molecular weight is 537 g/mol. The summed E-state index contributed by atoms with van der Waals surface area (Å²) in [5.41, 5.74) is 0.510. The number of hydrogen-bond acceptors (Lipinski definition) is 9. The Morgan fingerprint density at radius 3 is 2.22 bits per heavy atom. The summed E-state index contributed by atoms with van der Waals surface area (Å²) < 4.78 is 48.0. The first-order chi connectivity index (χ1) is 17.2. The van der Waals surface area contributed by atoms with Crippen LogP contribution in [0.4, 0.5) is 5.95 Å². The van der Waals surface area contributed by atoms with E-state index in [0.717, 1.165) is 12.8 Å². The van der Waals surface area contributed by atoms with Gasteiger partial charge in [0.25, 0.3) is 0 Å². The smallest absolute Gasteiger partial charge is 0.243 e. The van der Waals surface area contributed by atoms with Crippen LogP contribution in [-0.4, -0.2) is 59.7 Å². The van der Waals surface area contributed by atoms with Crippen molar-refractivity contribution < 1.29 is 22.6 Å². The van der Waals surface area contributed by atoms with E-state index in [-0.39, 0.29) is 17.7 Å². The normalized spacial score (nSPS) is 19.3. The molecule has 0 spiro atoms. The summed E-state index contributed by atoms with van der Waals surface area (Å²) in [4.78, 5) is 8.26. The predicted molar refractivity (Wildman–Crippen MR) is 134 cm³/mol. The van der Waals surface area contributed by atoms with Gasteiger partial charge < -0.3 is 14.2 Å². The lowest BCUT2D eigenvalue weighted by Crippen LogP contribution is -2.33. The summed E-state index contributed by atoms with van der Waals surface area (Å²) in [7, 11) is 0.410. The Labute approximate surface area is 215 Å². The number of ether oxygens (including phenoxy) is 3. The fraction of sp³-hybridized carbons (Fsp3) is 0.478. The Hall–Kier alpha value is -2.96. The Kier molecular flexibility index (Phi) is 7.67. The van der Waals surface area contributed by atoms with Crippen LogP contribution in [0.5, 0.6) is 11.5 Å². The van der Waals surface area contributed by atoms with Gasteiger partial charge in [0.1, 0.15) is 34.4 Å². The molecule has 0 aliphatic heterocycles. The summed E-state index contributed by atoms with van der Waals surface area (Å²) in [6.07, 6.45) is 3.79. The van der Waals surface area contributed by atoms with Crippen molar-refractivity contribution in [2.45, 2.75) is 44.0 Å². The molecule has 0 bridgehead atoms. The molecule has 1 aliphatic rings. The molecule has 3 aromatic rings. The predicted octanol–water partition coefficient (Wildman–Crippen LogP) is 3.76. The molecule has 4 rings (SSSR count). The van der Waals surface area contributed by atoms with Crippen LogP contribution in [0, 0.1) is 5.92 Å². The third-order valence-corrected chi connectivity index (χ3v) is 8.45. The van der Waals surface area contributed by atoms with Crippen LogP contribution >= 0.6 is 11.6 Å². The van der Waals surface area contributed by atoms with Gasteiger partial charge in [0.2, 0.25) is 16.0 Å². The van der Waals surface area contributed by atoms with Gasteiger partial charge in [-0.25, -0.2) is 18.4 Å². The van der Waals surface area contributed by atoms with E-state index in [1.165, 1.54) is 40.6 Å². The average Bonchev–Trinajstić information content (AvgIpc) is 3.24. The molecule has 4 atom stereocenters. The first kappa shape index (κ1) is 26.1. The van der Waals surface area contributed by atoms with Crippen molar-refractivity contribution in [3.8, 4) is 17.2 Å². The van der Waals surface area contributed by atoms with E-state index >= 15 is 0 Å². The molecular weight excluding hydrogens is 508 g/mol. The highest BCUT2D eigenvalue weighted by molar-refractivity contribution is 7.93. The van der Waals surface area contributed by atoms with Gasteiger partial charge in [-0.2, -0.15) is 0 Å². The van der Waals surface area contributed by atoms with E-state index in [1.54, 1.807) is 22.8 Å². The number of hydrogen-bond donors (Lipinski definition) is 1. The number of aromatic nitrogens is 5. The van der Waals surface area contributed by atoms with Crippen LogP contribution in [-0.2, 0) is 14.8 Å². The molecule has 1 saturated carbocycles. The van der Waals surface area contributed by atoms with Crippen molar-refractivity contribution in [1.29, 1.82) is 0 Å². The lowest BCUT2D eigenvalue weighted by atomic mass is 9.74. The van der Waals surface area contributed by atoms with Gasteiger partial charge in [0.15, 0.2) is 5.82 Å². The van der Waals surface area contributed by atoms with Crippen LogP contribution in [0.1, 0.15) is 50.4 Å². The summed E-state index contributed by atoms with van der Waals surface area (Å²) in [5, 5.41) is 7.88. The minimum Gasteiger partial charge on any atom is -0.494 e. The molecule has 194 valence electrons. The van der Waals surface area contributed by atoms with Gasteiger partial charge in [-0.15, -0.1) is 10.2 Å². The zero-order chi connectivity index (χ0) is 26.0. The molecule has 1 N–H and O–H groups in total. The van der Waals surface area contributed by atoms with E-state index in [0.29, 0.717) is 34.0 Å². The number of methoxy groups -OCH3 is 3. The summed E-state index contributed by atoms with van der Waals surface area (Å²) in [5.74, 6) is 2.29. The van der Waals surface area contributed by atoms with Crippen molar-refractivity contribution in [1.82, 2.24) is 24.7 Å². The van der Waals surface area contributed by atoms with Crippen LogP contribution in [0.2, 0.25) is 5.02 Å². The first-order valence-electron chi connectivity index (χ1n) is 11.4. The van der Waals surface area contributed by atoms with Gasteiger partial charge in [-0.3, -0.25) is 9.29 Å². The zero-order valence-corrected chi connectivity index (χ0v) is 22.2. The minimum absolute atomic E-state index is 0.0191. The lowest BCUT2D eigenvalue weighted by Gasteiger charge is -2.33. The molecule has 1 aliphatic carbocycles. The van der Waals surface area contributed by atoms with Crippen LogP contribution in [0.25, 0.3) is 5.69 Å². The Bertz CT molecular complexity index is 1290. The van der Waals surface area contributed by atoms with Gasteiger partial charge in [-0.05, 0) is 37.8 Å². The number of sulfonamides is 1. The molecule has 1 fully saturated rings. The largest absolute Gasteiger partial charge is 0.494 e. The van der Waals surface area contributed by atoms with E-state index < -0.39 is 21.4 Å². The summed E-state index contributed by atoms with van der Waals surface area (Å²) in [6, 6.07) is 5.33. The molecule has 36 heavy (non-hydrogen) atoms. The Morgan fingerprint density at radius 1 is 1.08 bits per heavy atom. The van der Waals surface area contributed by atoms with Crippen LogP contribution in [0.3, 0.4) is 0 Å². The van der Waals surface area contributed by atoms with Gasteiger partial charge in [0, 0.05) is 25.4 Å². The Balaban J connectivity index is 1.78. The molecule has 0 saturated heterocycles. The highest BCUT2D eigenvalue weighted by Gasteiger charge is 2.38. The van der Waals surface area contributed by atoms with Crippen molar-refractivity contribution in [3.63, 3.8) is 0 Å². The van der Waals surface area contributed by atoms with Crippen molar-refractivity contribution >= 4 is 27.6 Å². The van der Waals surface area contributed by atoms with E-state index in [2.05, 4.69) is 31.8 Å². The zero-order valence-electron chi connectivity index (χ0n) is 20.7. The molecule has 2 unspecified atom stereocenters. The quantitative estimate of drug-likeness (QED) is 0.411. The number of benzene rings is 1. The molecule has 0 radical (unpaired) electrons. The van der Waals surface area contributed by atoms with Gasteiger partial charge in [0.05, 0.1) is 19.2 Å². The SMILES string of the molecule is COc1cccc(OC)c1-n1c(NS(=O)(=O)C(C)C(OC)c2ncc(Cl)cn2)nnc1[C@H]1CC[C@H]1C. The fourth-order valence-corrected chi connectivity index (χ4v) is 5.51. The number of para-hydroxylation sites is 1. The maximum absolute atomic E-state index is 13.5. The topological polar surface area (TPSA) is 130 Å². The van der Waals surface area contributed by atoms with E-state index in [9.17, 15) is 8.42 Å². The molecule has 13 heteroatoms. The van der Waals surface area contributed by atoms with E-state index in [1.807, 2.05) is 0 Å². The highest BCUT2D eigenvalue weighted by Crippen LogP contribution is 2.45. The van der Waals surface area contributed by atoms with Crippen molar-refractivity contribution in [2.24, 2.45) is 5.92 Å². The monoisotopic (exact) mass is 536 g/mol. The molecule has 2 heterocycles. The molecular formula is C23H29ClN6O5S. The second kappa shape index (κ2) is 10.6. The number of nitrogens with one attached hydrogen (secondary N) is 1. The van der Waals surface area contributed by atoms with E-state index in [4.69, 9.17) is 25.8 Å². The lowest BCUT2D eigenvalue weighted by molar-refractivity contribution is 0.0950. The molecule has 1 aromatic carbocycles. The second-order valence-electron chi connectivity index (χ2n) is 8.66.